The van der Waals surface area contributed by atoms with E-state index in [9.17, 15) is 5.11 Å². The Kier molecular flexibility index (Phi) is 2.11. The van der Waals surface area contributed by atoms with Crippen LogP contribution in [-0.2, 0) is 7.05 Å². The highest BCUT2D eigenvalue weighted by Crippen LogP contribution is 2.29. The molecule has 3 aromatic rings. The minimum Gasteiger partial charge on any atom is -0.508 e. The lowest BCUT2D eigenvalue weighted by molar-refractivity contribution is 0.476. The maximum atomic E-state index is 9.49. The highest BCUT2D eigenvalue weighted by molar-refractivity contribution is 5.93. The highest BCUT2D eigenvalue weighted by atomic mass is 16.3. The van der Waals surface area contributed by atoms with E-state index >= 15 is 0 Å². The van der Waals surface area contributed by atoms with E-state index in [4.69, 9.17) is 0 Å². The Morgan fingerprint density at radius 2 is 1.82 bits per heavy atom. The number of fused-ring (bicyclic) bond motifs is 1. The molecule has 3 rings (SSSR count). The summed E-state index contributed by atoms with van der Waals surface area (Å²) >= 11 is 0. The van der Waals surface area contributed by atoms with Crippen LogP contribution in [-0.4, -0.2) is 14.9 Å². The molecule has 1 heterocycles. The highest BCUT2D eigenvalue weighted by Gasteiger charge is 2.10. The van der Waals surface area contributed by atoms with Gasteiger partial charge in [-0.2, -0.15) is 5.10 Å². The molecule has 0 saturated carbocycles. The van der Waals surface area contributed by atoms with E-state index in [1.807, 2.05) is 43.4 Å². The first-order valence-corrected chi connectivity index (χ1v) is 5.47. The molecule has 0 aliphatic carbocycles. The second-order valence-corrected chi connectivity index (χ2v) is 4.04. The van der Waals surface area contributed by atoms with Crippen LogP contribution < -0.4 is 0 Å². The average molecular weight is 224 g/mol. The summed E-state index contributed by atoms with van der Waals surface area (Å²) in [5, 5.41) is 15.1. The lowest BCUT2D eigenvalue weighted by atomic mass is 10.1. The van der Waals surface area contributed by atoms with Crippen LogP contribution in [0.1, 0.15) is 0 Å². The molecule has 1 N–H and O–H groups in total. The van der Waals surface area contributed by atoms with Gasteiger partial charge >= 0.3 is 0 Å². The Bertz CT molecular complexity index is 671. The molecule has 0 saturated heterocycles. The predicted octanol–water partition coefficient (Wildman–Crippen LogP) is 2.95. The van der Waals surface area contributed by atoms with Crippen LogP contribution >= 0.6 is 0 Å². The monoisotopic (exact) mass is 224 g/mol. The van der Waals surface area contributed by atoms with Gasteiger partial charge in [-0.25, -0.2) is 0 Å². The zero-order valence-electron chi connectivity index (χ0n) is 9.46. The summed E-state index contributed by atoms with van der Waals surface area (Å²) in [6, 6.07) is 15.4. The molecule has 3 nitrogen and oxygen atoms in total. The van der Waals surface area contributed by atoms with Crippen LogP contribution in [0, 0.1) is 0 Å². The van der Waals surface area contributed by atoms with Crippen molar-refractivity contribution in [1.29, 1.82) is 0 Å². The third-order valence-electron chi connectivity index (χ3n) is 2.88. The fourth-order valence-electron chi connectivity index (χ4n) is 2.06. The van der Waals surface area contributed by atoms with E-state index in [-0.39, 0.29) is 5.75 Å². The van der Waals surface area contributed by atoms with Crippen LogP contribution in [0.15, 0.2) is 48.5 Å². The third kappa shape index (κ3) is 1.56. The second-order valence-electron chi connectivity index (χ2n) is 4.04. The molecule has 0 unspecified atom stereocenters. The van der Waals surface area contributed by atoms with Crippen LogP contribution in [0.25, 0.3) is 22.2 Å². The maximum Gasteiger partial charge on any atom is 0.117 e. The number of phenols is 1. The zero-order chi connectivity index (χ0) is 11.8. The van der Waals surface area contributed by atoms with E-state index in [0.29, 0.717) is 0 Å². The lowest BCUT2D eigenvalue weighted by Gasteiger charge is -1.97. The van der Waals surface area contributed by atoms with Gasteiger partial charge in [-0.05, 0) is 12.1 Å². The van der Waals surface area contributed by atoms with E-state index in [0.717, 1.165) is 22.2 Å². The number of aromatic hydroxyl groups is 1. The Labute approximate surface area is 98.9 Å². The third-order valence-corrected chi connectivity index (χ3v) is 2.88. The van der Waals surface area contributed by atoms with Gasteiger partial charge in [-0.3, -0.25) is 4.68 Å². The average Bonchev–Trinajstić information content (AvgIpc) is 2.68. The van der Waals surface area contributed by atoms with Crippen LogP contribution in [0.4, 0.5) is 0 Å². The maximum absolute atomic E-state index is 9.49. The molecular weight excluding hydrogens is 212 g/mol. The minimum atomic E-state index is 0.264. The molecule has 17 heavy (non-hydrogen) atoms. The Morgan fingerprint density at radius 3 is 2.59 bits per heavy atom. The van der Waals surface area contributed by atoms with Crippen molar-refractivity contribution < 1.29 is 5.11 Å². The van der Waals surface area contributed by atoms with Crippen molar-refractivity contribution in [3.8, 4) is 17.0 Å². The number of hydrogen-bond acceptors (Lipinski definition) is 2. The van der Waals surface area contributed by atoms with Crippen molar-refractivity contribution >= 4 is 10.9 Å². The molecule has 3 heteroatoms. The molecule has 0 bridgehead atoms. The van der Waals surface area contributed by atoms with Crippen LogP contribution in [0.5, 0.6) is 5.75 Å². The lowest BCUT2D eigenvalue weighted by Crippen LogP contribution is -1.89. The SMILES string of the molecule is Cn1nc(-c2ccccc2)c2ccc(O)cc21. The van der Waals surface area contributed by atoms with Gasteiger partial charge in [-0.1, -0.05) is 30.3 Å². The Morgan fingerprint density at radius 1 is 1.06 bits per heavy atom. The first-order chi connectivity index (χ1) is 8.25. The summed E-state index contributed by atoms with van der Waals surface area (Å²) in [6.07, 6.45) is 0. The largest absolute Gasteiger partial charge is 0.508 e. The number of phenolic OH excluding ortho intramolecular Hbond substituents is 1. The number of rotatable bonds is 1. The van der Waals surface area contributed by atoms with E-state index in [1.165, 1.54) is 0 Å². The van der Waals surface area contributed by atoms with Gasteiger partial charge in [-0.15, -0.1) is 0 Å². The van der Waals surface area contributed by atoms with Gasteiger partial charge in [0.15, 0.2) is 0 Å². The second kappa shape index (κ2) is 3.63. The van der Waals surface area contributed by atoms with Crippen LogP contribution in [0.2, 0.25) is 0 Å². The predicted molar refractivity (Wildman–Crippen MR) is 67.8 cm³/mol. The van der Waals surface area contributed by atoms with E-state index < -0.39 is 0 Å². The standard InChI is InChI=1S/C14H12N2O/c1-16-13-9-11(17)7-8-12(13)14(15-16)10-5-3-2-4-6-10/h2-9,17H,1H3. The first-order valence-electron chi connectivity index (χ1n) is 5.47. The van der Waals surface area contributed by atoms with Gasteiger partial charge in [0.25, 0.3) is 0 Å². The molecule has 0 fully saturated rings. The van der Waals surface area contributed by atoms with Crippen molar-refractivity contribution in [2.45, 2.75) is 0 Å². The Balaban J connectivity index is 2.32. The summed E-state index contributed by atoms with van der Waals surface area (Å²) in [7, 11) is 1.88. The van der Waals surface area contributed by atoms with Crippen molar-refractivity contribution in [1.82, 2.24) is 9.78 Å². The summed E-state index contributed by atoms with van der Waals surface area (Å²) in [5.74, 6) is 0.264. The quantitative estimate of drug-likeness (QED) is 0.690. The summed E-state index contributed by atoms with van der Waals surface area (Å²) in [6.45, 7) is 0. The van der Waals surface area contributed by atoms with Gasteiger partial charge in [0.1, 0.15) is 11.4 Å². The van der Waals surface area contributed by atoms with Gasteiger partial charge in [0, 0.05) is 24.1 Å². The van der Waals surface area contributed by atoms with Crippen molar-refractivity contribution in [2.75, 3.05) is 0 Å². The summed E-state index contributed by atoms with van der Waals surface area (Å²) in [5.41, 5.74) is 2.97. The van der Waals surface area contributed by atoms with Crippen molar-refractivity contribution in [3.63, 3.8) is 0 Å². The fourth-order valence-corrected chi connectivity index (χ4v) is 2.06. The normalized spacial score (nSPS) is 10.9. The van der Waals surface area contributed by atoms with Crippen molar-refractivity contribution in [2.24, 2.45) is 7.05 Å². The summed E-state index contributed by atoms with van der Waals surface area (Å²) in [4.78, 5) is 0. The number of benzene rings is 2. The van der Waals surface area contributed by atoms with Gasteiger partial charge in [0.2, 0.25) is 0 Å². The molecule has 0 spiro atoms. The molecular formula is C14H12N2O. The van der Waals surface area contributed by atoms with Crippen molar-refractivity contribution in [3.05, 3.63) is 48.5 Å². The summed E-state index contributed by atoms with van der Waals surface area (Å²) < 4.78 is 1.79. The topological polar surface area (TPSA) is 38.0 Å². The smallest absolute Gasteiger partial charge is 0.117 e. The van der Waals surface area contributed by atoms with Crippen LogP contribution in [0.3, 0.4) is 0 Å². The van der Waals surface area contributed by atoms with E-state index in [2.05, 4.69) is 5.10 Å². The number of nitrogens with zero attached hydrogens (tertiary/aromatic N) is 2. The first kappa shape index (κ1) is 9.90. The molecule has 84 valence electrons. The molecule has 1 aromatic heterocycles. The van der Waals surface area contributed by atoms with E-state index in [1.54, 1.807) is 16.8 Å². The number of aromatic nitrogens is 2. The number of aryl methyl sites for hydroxylation is 1. The Hall–Kier alpha value is -2.29. The van der Waals surface area contributed by atoms with Gasteiger partial charge < -0.3 is 5.11 Å². The molecule has 0 atom stereocenters. The fraction of sp³-hybridized carbons (Fsp3) is 0.0714. The van der Waals surface area contributed by atoms with Gasteiger partial charge in [0.05, 0.1) is 5.52 Å². The molecule has 2 aromatic carbocycles. The minimum absolute atomic E-state index is 0.264. The molecule has 0 radical (unpaired) electrons. The zero-order valence-corrected chi connectivity index (χ0v) is 9.46. The molecule has 0 aliphatic heterocycles. The number of hydrogen-bond donors (Lipinski definition) is 1. The molecule has 0 aliphatic rings. The molecule has 0 amide bonds.